The lowest BCUT2D eigenvalue weighted by molar-refractivity contribution is 0.415. The Morgan fingerprint density at radius 3 is 2.95 bits per heavy atom. The highest BCUT2D eigenvalue weighted by Crippen LogP contribution is 2.26. The summed E-state index contributed by atoms with van der Waals surface area (Å²) in [6.07, 6.45) is 1.68. The van der Waals surface area contributed by atoms with E-state index >= 15 is 0 Å². The molecule has 3 rings (SSSR count). The van der Waals surface area contributed by atoms with Gasteiger partial charge in [-0.15, -0.1) is 5.10 Å². The van der Waals surface area contributed by atoms with Crippen molar-refractivity contribution in [2.45, 2.75) is 0 Å². The molecule has 2 aromatic carbocycles. The number of benzene rings is 2. The summed E-state index contributed by atoms with van der Waals surface area (Å²) in [6.45, 7) is 0. The second-order valence-corrected chi connectivity index (χ2v) is 4.01. The molecule has 0 unspecified atom stereocenters. The molecule has 100 valence electrons. The largest absolute Gasteiger partial charge is 0.496 e. The van der Waals surface area contributed by atoms with Crippen LogP contribution < -0.4 is 10.2 Å². The molecule has 3 aromatic rings. The molecule has 0 radical (unpaired) electrons. The molecular formula is C13H12N6O. The Bertz CT molecular complexity index is 738. The summed E-state index contributed by atoms with van der Waals surface area (Å²) in [5.41, 5.74) is 3.58. The highest BCUT2D eigenvalue weighted by Gasteiger charge is 2.05. The van der Waals surface area contributed by atoms with Gasteiger partial charge in [-0.3, -0.25) is 0 Å². The molecule has 2 N–H and O–H groups in total. The van der Waals surface area contributed by atoms with Crippen LogP contribution in [0.2, 0.25) is 0 Å². The fraction of sp³-hybridized carbons (Fsp3) is 0.0769. The van der Waals surface area contributed by atoms with Crippen molar-refractivity contribution >= 4 is 22.9 Å². The first kappa shape index (κ1) is 12.1. The molecule has 0 saturated heterocycles. The Labute approximate surface area is 114 Å². The minimum Gasteiger partial charge on any atom is -0.496 e. The quantitative estimate of drug-likeness (QED) is 0.556. The third-order valence-corrected chi connectivity index (χ3v) is 2.85. The van der Waals surface area contributed by atoms with Crippen LogP contribution in [0.3, 0.4) is 0 Å². The zero-order chi connectivity index (χ0) is 13.8. The van der Waals surface area contributed by atoms with Gasteiger partial charge in [-0.1, -0.05) is 35.4 Å². The van der Waals surface area contributed by atoms with Crippen LogP contribution in [0.15, 0.2) is 41.5 Å². The molecule has 7 heteroatoms. The van der Waals surface area contributed by atoms with E-state index in [1.54, 1.807) is 13.3 Å². The fourth-order valence-electron chi connectivity index (χ4n) is 1.95. The van der Waals surface area contributed by atoms with Gasteiger partial charge in [-0.25, -0.2) is 5.43 Å². The Morgan fingerprint density at radius 1 is 1.25 bits per heavy atom. The molecule has 1 heterocycles. The van der Waals surface area contributed by atoms with Crippen molar-refractivity contribution in [1.82, 2.24) is 20.6 Å². The van der Waals surface area contributed by atoms with Crippen LogP contribution >= 0.6 is 0 Å². The van der Waals surface area contributed by atoms with Gasteiger partial charge in [-0.2, -0.15) is 10.3 Å². The number of nitrogens with one attached hydrogen (secondary N) is 2. The minimum atomic E-state index is 0.306. The van der Waals surface area contributed by atoms with Gasteiger partial charge in [0.1, 0.15) is 5.75 Å². The first-order valence-electron chi connectivity index (χ1n) is 5.97. The molecule has 7 nitrogen and oxygen atoms in total. The number of fused-ring (bicyclic) bond motifs is 1. The van der Waals surface area contributed by atoms with Crippen molar-refractivity contribution in [3.63, 3.8) is 0 Å². The van der Waals surface area contributed by atoms with E-state index in [1.807, 2.05) is 36.4 Å². The van der Waals surface area contributed by atoms with Crippen molar-refractivity contribution in [1.29, 1.82) is 0 Å². The van der Waals surface area contributed by atoms with E-state index in [-0.39, 0.29) is 0 Å². The van der Waals surface area contributed by atoms with Crippen LogP contribution in [-0.2, 0) is 0 Å². The summed E-state index contributed by atoms with van der Waals surface area (Å²) < 4.78 is 5.37. The Balaban J connectivity index is 1.98. The van der Waals surface area contributed by atoms with Gasteiger partial charge in [0.25, 0.3) is 5.95 Å². The van der Waals surface area contributed by atoms with Gasteiger partial charge in [-0.05, 0) is 22.1 Å². The van der Waals surface area contributed by atoms with E-state index in [9.17, 15) is 0 Å². The molecule has 0 aliphatic heterocycles. The lowest BCUT2D eigenvalue weighted by Crippen LogP contribution is -1.96. The molecule has 0 aliphatic carbocycles. The average molecular weight is 268 g/mol. The molecular weight excluding hydrogens is 256 g/mol. The van der Waals surface area contributed by atoms with Crippen molar-refractivity contribution in [2.75, 3.05) is 12.5 Å². The lowest BCUT2D eigenvalue weighted by Gasteiger charge is -2.08. The summed E-state index contributed by atoms with van der Waals surface area (Å²) in [4.78, 5) is 0. The highest BCUT2D eigenvalue weighted by atomic mass is 16.5. The number of hydrogen-bond donors (Lipinski definition) is 2. The van der Waals surface area contributed by atoms with Crippen molar-refractivity contribution < 1.29 is 4.74 Å². The maximum absolute atomic E-state index is 5.37. The van der Waals surface area contributed by atoms with E-state index in [1.165, 1.54) is 0 Å². The van der Waals surface area contributed by atoms with Crippen LogP contribution in [0, 0.1) is 0 Å². The van der Waals surface area contributed by atoms with E-state index < -0.39 is 0 Å². The number of tetrazole rings is 1. The van der Waals surface area contributed by atoms with Crippen molar-refractivity contribution in [3.05, 3.63) is 42.0 Å². The summed E-state index contributed by atoms with van der Waals surface area (Å²) in [5.74, 6) is 1.06. The number of nitrogens with zero attached hydrogens (tertiary/aromatic N) is 4. The van der Waals surface area contributed by atoms with Gasteiger partial charge in [0.2, 0.25) is 0 Å². The Morgan fingerprint density at radius 2 is 2.15 bits per heavy atom. The molecule has 0 atom stereocenters. The number of aromatic amines is 1. The number of anilines is 1. The number of rotatable bonds is 4. The van der Waals surface area contributed by atoms with Gasteiger partial charge >= 0.3 is 0 Å². The third-order valence-electron chi connectivity index (χ3n) is 2.85. The fourth-order valence-corrected chi connectivity index (χ4v) is 1.95. The number of aromatic nitrogens is 4. The average Bonchev–Trinajstić information content (AvgIpc) is 3.00. The van der Waals surface area contributed by atoms with Crippen LogP contribution in [0.1, 0.15) is 5.56 Å². The molecule has 20 heavy (non-hydrogen) atoms. The molecule has 0 bridgehead atoms. The van der Waals surface area contributed by atoms with Crippen LogP contribution in [0.25, 0.3) is 10.8 Å². The smallest absolute Gasteiger partial charge is 0.283 e. The zero-order valence-electron chi connectivity index (χ0n) is 10.7. The summed E-state index contributed by atoms with van der Waals surface area (Å²) >= 11 is 0. The Kier molecular flexibility index (Phi) is 3.24. The molecule has 0 amide bonds. The van der Waals surface area contributed by atoms with E-state index in [0.717, 1.165) is 22.1 Å². The predicted molar refractivity (Wildman–Crippen MR) is 75.9 cm³/mol. The lowest BCUT2D eigenvalue weighted by atomic mass is 10.0. The van der Waals surface area contributed by atoms with Crippen LogP contribution in [0.5, 0.6) is 5.75 Å². The number of hydrogen-bond acceptors (Lipinski definition) is 6. The standard InChI is InChI=1S/C13H12N6O/c1-20-12-7-6-9-4-2-3-5-10(9)11(12)8-14-15-13-16-18-19-17-13/h2-8H,1H3,(H2,15,16,17,18,19). The first-order chi connectivity index (χ1) is 9.88. The van der Waals surface area contributed by atoms with Gasteiger partial charge in [0.15, 0.2) is 0 Å². The third kappa shape index (κ3) is 2.28. The summed E-state index contributed by atoms with van der Waals surface area (Å²) in [6, 6.07) is 12.0. The zero-order valence-corrected chi connectivity index (χ0v) is 10.7. The van der Waals surface area contributed by atoms with E-state index in [4.69, 9.17) is 4.74 Å². The topological polar surface area (TPSA) is 88.1 Å². The van der Waals surface area contributed by atoms with Gasteiger partial charge in [0, 0.05) is 5.56 Å². The molecule has 0 saturated carbocycles. The maximum Gasteiger partial charge on any atom is 0.283 e. The first-order valence-corrected chi connectivity index (χ1v) is 5.97. The molecule has 0 spiro atoms. The van der Waals surface area contributed by atoms with Gasteiger partial charge < -0.3 is 4.74 Å². The van der Waals surface area contributed by atoms with E-state index in [0.29, 0.717) is 5.95 Å². The highest BCUT2D eigenvalue weighted by molar-refractivity contribution is 6.02. The summed E-state index contributed by atoms with van der Waals surface area (Å²) in [5, 5.41) is 19.6. The predicted octanol–water partition coefficient (Wildman–Crippen LogP) is 1.81. The Hall–Kier alpha value is -2.96. The van der Waals surface area contributed by atoms with Crippen molar-refractivity contribution in [2.24, 2.45) is 5.10 Å². The van der Waals surface area contributed by atoms with Crippen LogP contribution in [-0.4, -0.2) is 33.9 Å². The minimum absolute atomic E-state index is 0.306. The monoisotopic (exact) mass is 268 g/mol. The second-order valence-electron chi connectivity index (χ2n) is 4.01. The number of H-pyrrole nitrogens is 1. The molecule has 1 aromatic heterocycles. The number of hydrazone groups is 1. The number of ether oxygens (including phenoxy) is 1. The molecule has 0 aliphatic rings. The maximum atomic E-state index is 5.37. The van der Waals surface area contributed by atoms with Crippen LogP contribution in [0.4, 0.5) is 5.95 Å². The van der Waals surface area contributed by atoms with Gasteiger partial charge in [0.05, 0.1) is 13.3 Å². The normalized spacial score (nSPS) is 11.1. The SMILES string of the molecule is COc1ccc2ccccc2c1C=NNc1nn[nH]n1. The molecule has 0 fully saturated rings. The van der Waals surface area contributed by atoms with Crippen molar-refractivity contribution in [3.8, 4) is 5.75 Å². The van der Waals surface area contributed by atoms with E-state index in [2.05, 4.69) is 31.2 Å². The number of methoxy groups -OCH3 is 1. The second kappa shape index (κ2) is 5.35. The summed E-state index contributed by atoms with van der Waals surface area (Å²) in [7, 11) is 1.63.